The molecule has 2 N–H and O–H groups in total. The minimum Gasteiger partial charge on any atom is -0.399 e. The molecule has 0 unspecified atom stereocenters. The van der Waals surface area contributed by atoms with Gasteiger partial charge in [-0.05, 0) is 175 Å². The van der Waals surface area contributed by atoms with Gasteiger partial charge in [-0.3, -0.25) is 0 Å². The third-order valence-corrected chi connectivity index (χ3v) is 28.5. The summed E-state index contributed by atoms with van der Waals surface area (Å²) in [7, 11) is -5.28. The standard InChI is InChI=1S/C61H58N2Si2.C17H22Si.C9H13BrSi.C7H9N/c1-43-23-27-47(28-24-43)62(48-31-36-52(37-32-48)64(3,4)5)51-35-40-56-57(41-51)61(45-17-11-9-12-18-45,46-19-13-10-14-20-46)58-42-59(54-21-15-16-22-55(54)60(56)58)63(49-29-25-44(2)26-30-49)50-33-38-53(39-34-50)65(6,7)8;1-14-5-7-15(8-6-14)13-16-9-11-17(12-10-16)18(2,3)4;1-11(2,3)9-6-4-8(10)5-7-9;1-6-2-4-7(8)5-3-6/h9-42H,1-8H3;5-12H,13H2,1-4H3;4-7H,1-3H3;2-5H,8H2,1H3. The van der Waals surface area contributed by atoms with Crippen LogP contribution in [0.3, 0.4) is 0 Å². The molecule has 0 saturated carbocycles. The average Bonchev–Trinajstić information content (AvgIpc) is 1.52. The molecule has 14 rings (SSSR count). The van der Waals surface area contributed by atoms with Gasteiger partial charge in [0.25, 0.3) is 0 Å². The van der Waals surface area contributed by atoms with Crippen LogP contribution in [0.15, 0.2) is 308 Å². The van der Waals surface area contributed by atoms with Gasteiger partial charge in [0.15, 0.2) is 0 Å². The molecule has 0 fully saturated rings. The first-order valence-corrected chi connectivity index (χ1v) is 50.9. The minimum absolute atomic E-state index is 0.650. The number of nitrogens with two attached hydrogens (primary N) is 1. The maximum atomic E-state index is 5.43. The zero-order valence-corrected chi connectivity index (χ0v) is 68.5. The van der Waals surface area contributed by atoms with Crippen molar-refractivity contribution in [3.63, 3.8) is 0 Å². The van der Waals surface area contributed by atoms with Gasteiger partial charge < -0.3 is 15.5 Å². The number of halogens is 1. The highest BCUT2D eigenvalue weighted by molar-refractivity contribution is 9.10. The minimum atomic E-state index is -1.53. The molecule has 0 aromatic heterocycles. The Kier molecular flexibility index (Phi) is 22.7. The molecular formula is C94H102BrN3Si4. The Morgan fingerprint density at radius 3 is 1.04 bits per heavy atom. The van der Waals surface area contributed by atoms with E-state index in [2.05, 4.69) is 404 Å². The molecule has 102 heavy (non-hydrogen) atoms. The second-order valence-electron chi connectivity index (χ2n) is 31.8. The smallest absolute Gasteiger partial charge is 0.0775 e. The number of anilines is 7. The maximum absolute atomic E-state index is 5.43. The largest absolute Gasteiger partial charge is 0.399 e. The Morgan fingerprint density at radius 1 is 0.314 bits per heavy atom. The van der Waals surface area contributed by atoms with Gasteiger partial charge in [0.2, 0.25) is 0 Å². The summed E-state index contributed by atoms with van der Waals surface area (Å²) in [6, 6.07) is 113. The first-order chi connectivity index (χ1) is 48.6. The quantitative estimate of drug-likeness (QED) is 0.0870. The summed E-state index contributed by atoms with van der Waals surface area (Å²) < 4.78 is 1.17. The van der Waals surface area contributed by atoms with Crippen LogP contribution >= 0.6 is 15.9 Å². The van der Waals surface area contributed by atoms with Crippen molar-refractivity contribution in [3.8, 4) is 11.1 Å². The number of hydrogen-bond donors (Lipinski definition) is 1. The Balaban J connectivity index is 0.000000227. The zero-order valence-electron chi connectivity index (χ0n) is 62.9. The van der Waals surface area contributed by atoms with Crippen LogP contribution in [0.5, 0.6) is 0 Å². The lowest BCUT2D eigenvalue weighted by Crippen LogP contribution is -2.37. The van der Waals surface area contributed by atoms with Gasteiger partial charge in [0.05, 0.1) is 43.4 Å². The number of nitrogens with zero attached hydrogens (tertiary/aromatic N) is 2. The van der Waals surface area contributed by atoms with Gasteiger partial charge in [0, 0.05) is 44.0 Å². The predicted octanol–water partition coefficient (Wildman–Crippen LogP) is 24.6. The summed E-state index contributed by atoms with van der Waals surface area (Å²) in [4.78, 5) is 4.94. The number of nitrogen functional groups attached to an aromatic ring is 1. The Bertz CT molecular complexity index is 4860. The topological polar surface area (TPSA) is 32.5 Å². The number of hydrogen-bond acceptors (Lipinski definition) is 3. The number of benzene rings is 13. The van der Waals surface area contributed by atoms with Gasteiger partial charge >= 0.3 is 0 Å². The van der Waals surface area contributed by atoms with E-state index >= 15 is 0 Å². The highest BCUT2D eigenvalue weighted by atomic mass is 79.9. The van der Waals surface area contributed by atoms with Crippen LogP contribution in [0.25, 0.3) is 21.9 Å². The lowest BCUT2D eigenvalue weighted by Gasteiger charge is -2.36. The molecule has 0 amide bonds. The summed E-state index contributed by atoms with van der Waals surface area (Å²) >= 11 is 3.43. The Labute approximate surface area is 623 Å². The van der Waals surface area contributed by atoms with Crippen LogP contribution in [-0.2, 0) is 11.8 Å². The molecule has 0 aliphatic heterocycles. The van der Waals surface area contributed by atoms with Gasteiger partial charge in [-0.2, -0.15) is 0 Å². The number of aryl methyl sites for hydroxylation is 4. The average molecular weight is 1470 g/mol. The highest BCUT2D eigenvalue weighted by Gasteiger charge is 2.48. The normalized spacial score (nSPS) is 12.3. The molecule has 13 aromatic rings. The van der Waals surface area contributed by atoms with E-state index in [1.807, 2.05) is 31.2 Å². The second kappa shape index (κ2) is 31.2. The number of fused-ring (bicyclic) bond motifs is 5. The molecule has 516 valence electrons. The van der Waals surface area contributed by atoms with Crippen molar-refractivity contribution >= 4 is 120 Å². The number of rotatable bonds is 14. The van der Waals surface area contributed by atoms with Crippen LogP contribution in [-0.4, -0.2) is 32.3 Å². The van der Waals surface area contributed by atoms with Crippen LogP contribution < -0.4 is 36.3 Å². The van der Waals surface area contributed by atoms with Crippen molar-refractivity contribution in [3.05, 3.63) is 363 Å². The lowest BCUT2D eigenvalue weighted by molar-refractivity contribution is 0.769. The van der Waals surface area contributed by atoms with Gasteiger partial charge in [-0.15, -0.1) is 0 Å². The molecule has 13 aromatic carbocycles. The van der Waals surface area contributed by atoms with Crippen molar-refractivity contribution in [2.75, 3.05) is 15.5 Å². The van der Waals surface area contributed by atoms with Crippen molar-refractivity contribution in [2.24, 2.45) is 0 Å². The van der Waals surface area contributed by atoms with Crippen molar-refractivity contribution in [1.29, 1.82) is 0 Å². The molecule has 0 heterocycles. The molecule has 1 aliphatic rings. The van der Waals surface area contributed by atoms with E-state index in [-0.39, 0.29) is 0 Å². The monoisotopic (exact) mass is 1460 g/mol. The fraction of sp³-hybridized carbons (Fsp3) is 0.191. The Hall–Kier alpha value is -9.13. The van der Waals surface area contributed by atoms with E-state index in [1.54, 1.807) is 0 Å². The van der Waals surface area contributed by atoms with E-state index < -0.39 is 37.7 Å². The molecule has 0 radical (unpaired) electrons. The second-order valence-corrected chi connectivity index (χ2v) is 53.0. The summed E-state index contributed by atoms with van der Waals surface area (Å²) in [5.74, 6) is 0. The van der Waals surface area contributed by atoms with Crippen LogP contribution in [0.1, 0.15) is 55.6 Å². The van der Waals surface area contributed by atoms with E-state index in [0.29, 0.717) is 0 Å². The first-order valence-electron chi connectivity index (χ1n) is 36.1. The fourth-order valence-electron chi connectivity index (χ4n) is 13.7. The van der Waals surface area contributed by atoms with E-state index in [4.69, 9.17) is 5.73 Å². The molecule has 3 nitrogen and oxygen atoms in total. The summed E-state index contributed by atoms with van der Waals surface area (Å²) in [5.41, 5.74) is 27.9. The van der Waals surface area contributed by atoms with Crippen molar-refractivity contribution < 1.29 is 0 Å². The third-order valence-electron chi connectivity index (χ3n) is 19.7. The third kappa shape index (κ3) is 17.1. The molecule has 1 aliphatic carbocycles. The summed E-state index contributed by atoms with van der Waals surface area (Å²) in [6.45, 7) is 37.3. The van der Waals surface area contributed by atoms with E-state index in [0.717, 1.165) is 46.2 Å². The molecule has 0 atom stereocenters. The fourth-order valence-corrected chi connectivity index (χ4v) is 18.6. The van der Waals surface area contributed by atoms with Gasteiger partial charge in [-0.25, -0.2) is 0 Å². The van der Waals surface area contributed by atoms with Crippen LogP contribution in [0.4, 0.5) is 39.8 Å². The molecule has 0 spiro atoms. The molecule has 0 bridgehead atoms. The van der Waals surface area contributed by atoms with E-state index in [9.17, 15) is 0 Å². The molecular weight excluding hydrogens is 1360 g/mol. The van der Waals surface area contributed by atoms with Crippen molar-refractivity contribution in [1.82, 2.24) is 0 Å². The Morgan fingerprint density at radius 2 is 0.637 bits per heavy atom. The first kappa shape index (κ1) is 74.1. The predicted molar refractivity (Wildman–Crippen MR) is 462 cm³/mol. The SMILES string of the molecule is C[Si](C)(C)c1ccc(Br)cc1.Cc1ccc(Cc2ccc([Si](C)(C)C)cc2)cc1.Cc1ccc(N(c2ccc([Si](C)(C)C)cc2)c2ccc3c(c2)C(c2ccccc2)(c2ccccc2)c2cc(N(c4ccc(C)cc4)c4ccc([Si](C)(C)C)cc4)c4ccccc4c2-3)cc1.Cc1ccc(N)cc1. The zero-order chi connectivity index (χ0) is 72.7. The molecule has 0 saturated heterocycles. The maximum Gasteiger partial charge on any atom is 0.0775 e. The lowest BCUT2D eigenvalue weighted by atomic mass is 9.67. The van der Waals surface area contributed by atoms with Gasteiger partial charge in [-0.1, -0.05) is 350 Å². The summed E-state index contributed by atoms with van der Waals surface area (Å²) in [6.07, 6.45) is 1.03. The van der Waals surface area contributed by atoms with Crippen LogP contribution in [0.2, 0.25) is 78.6 Å². The molecule has 8 heteroatoms. The van der Waals surface area contributed by atoms with Crippen molar-refractivity contribution in [2.45, 2.75) is 118 Å². The van der Waals surface area contributed by atoms with Gasteiger partial charge in [0.1, 0.15) is 0 Å². The summed E-state index contributed by atoms with van der Waals surface area (Å²) in [5, 5.41) is 8.42. The van der Waals surface area contributed by atoms with E-state index in [1.165, 1.54) is 103 Å². The van der Waals surface area contributed by atoms with Crippen LogP contribution in [0, 0.1) is 27.7 Å². The highest BCUT2D eigenvalue weighted by Crippen LogP contribution is 2.61.